The maximum atomic E-state index is 9.81. The van der Waals surface area contributed by atoms with Crippen molar-refractivity contribution >= 4 is 79.2 Å². The normalized spacial score (nSPS) is 19.9. The third kappa shape index (κ3) is 6.95. The van der Waals surface area contributed by atoms with E-state index in [0.717, 1.165) is 109 Å². The summed E-state index contributed by atoms with van der Waals surface area (Å²) in [5.74, 6) is 0. The number of furan rings is 1. The molecule has 77 heavy (non-hydrogen) atoms. The van der Waals surface area contributed by atoms with Crippen molar-refractivity contribution in [1.29, 1.82) is 0 Å². The van der Waals surface area contributed by atoms with Crippen molar-refractivity contribution in [3.05, 3.63) is 184 Å². The Hall–Kier alpha value is -6.78. The topological polar surface area (TPSA) is 19.6 Å². The molecule has 3 aliphatic carbocycles. The molecule has 0 radical (unpaired) electrons. The molecule has 9 aromatic rings. The van der Waals surface area contributed by atoms with Crippen LogP contribution >= 0.6 is 0 Å². The van der Waals surface area contributed by atoms with Crippen LogP contribution in [0.25, 0.3) is 44.2 Å². The lowest BCUT2D eigenvalue weighted by molar-refractivity contribution is 0.332. The van der Waals surface area contributed by atoms with Gasteiger partial charge in [0, 0.05) is 63.1 Å². The van der Waals surface area contributed by atoms with Gasteiger partial charge in [0.25, 0.3) is 6.71 Å². The van der Waals surface area contributed by atoms with E-state index in [0.29, 0.717) is 0 Å². The quantitative estimate of drug-likeness (QED) is 0.164. The number of nitrogens with zero attached hydrogens (tertiary/aromatic N) is 2. The summed E-state index contributed by atoms with van der Waals surface area (Å²) in [6.07, 6.45) is 1.56. The molecule has 3 nitrogen and oxygen atoms in total. The number of hydrogen-bond donors (Lipinski definition) is 0. The summed E-state index contributed by atoms with van der Waals surface area (Å²) in [5.41, 5.74) is 23.2. The fraction of sp³-hybridized carbons (Fsp3) is 0.342. The molecule has 0 spiro atoms. The second-order valence-corrected chi connectivity index (χ2v) is 27.8. The number of aryl methyl sites for hydroxylation is 1. The molecule has 0 unspecified atom stereocenters. The van der Waals surface area contributed by atoms with Crippen LogP contribution in [-0.4, -0.2) is 6.71 Å². The first kappa shape index (κ1) is 43.2. The molecule has 3 heterocycles. The molecular formula is C73H75BN2O. The van der Waals surface area contributed by atoms with Crippen molar-refractivity contribution in [1.82, 2.24) is 0 Å². The number of para-hydroxylation sites is 1. The van der Waals surface area contributed by atoms with E-state index in [1.54, 1.807) is 0 Å². The lowest BCUT2D eigenvalue weighted by atomic mass is 9.33. The minimum absolute atomic E-state index is 0.0204. The Labute approximate surface area is 465 Å². The second-order valence-electron chi connectivity index (χ2n) is 27.8. The molecule has 0 N–H and O–H groups in total. The highest BCUT2D eigenvalue weighted by Crippen LogP contribution is 2.56. The van der Waals surface area contributed by atoms with E-state index in [4.69, 9.17) is 8.53 Å². The summed E-state index contributed by atoms with van der Waals surface area (Å²) >= 11 is 0. The third-order valence-electron chi connectivity index (χ3n) is 19.8. The first-order chi connectivity index (χ1) is 38.4. The van der Waals surface area contributed by atoms with Crippen LogP contribution in [0, 0.1) is 0 Å². The van der Waals surface area contributed by atoms with E-state index in [9.17, 15) is 2.74 Å². The van der Waals surface area contributed by atoms with E-state index in [1.165, 1.54) is 50.1 Å². The lowest BCUT2D eigenvalue weighted by Gasteiger charge is -2.46. The van der Waals surface area contributed by atoms with Crippen LogP contribution < -0.4 is 26.2 Å². The largest absolute Gasteiger partial charge is 0.456 e. The van der Waals surface area contributed by atoms with Gasteiger partial charge in [0.2, 0.25) is 0 Å². The number of anilines is 6. The zero-order valence-corrected chi connectivity index (χ0v) is 47.5. The molecule has 0 saturated heterocycles. The average Bonchev–Trinajstić information content (AvgIpc) is 2.10. The Morgan fingerprint density at radius 3 is 1.83 bits per heavy atom. The molecular weight excluding hydrogens is 932 g/mol. The third-order valence-corrected chi connectivity index (χ3v) is 19.8. The molecule has 5 aliphatic rings. The molecule has 2 aliphatic heterocycles. The standard InChI is InChI=1S/C73H75BN2O/c1-15-43-34-63-67-64(35-43)76(60-29-25-45(68(2,3)4)37-49(60)44-24-27-53-56(36-44)71(9,10)32-30-69(53,5)6)61-40-50-47-20-16-18-22-52(47)73(13,14)55(50)41-59(61)74(67)58-39-51-48-21-17-19-23-65(48)77-66(51)42-62(58)75(63)46-26-28-54-57(38-46)72(11,12)33-31-70(54,7)8/h16-29,34-42H,15,30-33H2,1-14H3/i1D3,15D2. The van der Waals surface area contributed by atoms with Gasteiger partial charge in [-0.05, 0) is 185 Å². The molecule has 0 bridgehead atoms. The Morgan fingerprint density at radius 2 is 1.12 bits per heavy atom. The number of hydrogen-bond acceptors (Lipinski definition) is 3. The highest BCUT2D eigenvalue weighted by atomic mass is 16.3. The average molecular weight is 1010 g/mol. The van der Waals surface area contributed by atoms with Crippen molar-refractivity contribution in [2.24, 2.45) is 0 Å². The first-order valence-corrected chi connectivity index (χ1v) is 28.4. The van der Waals surface area contributed by atoms with Gasteiger partial charge in [0.15, 0.2) is 0 Å². The van der Waals surface area contributed by atoms with Gasteiger partial charge in [-0.1, -0.05) is 182 Å². The Morgan fingerprint density at radius 1 is 0.494 bits per heavy atom. The summed E-state index contributed by atoms with van der Waals surface area (Å²) in [4.78, 5) is 4.73. The van der Waals surface area contributed by atoms with Crippen molar-refractivity contribution < 1.29 is 11.3 Å². The maximum absolute atomic E-state index is 9.81. The molecule has 0 fully saturated rings. The fourth-order valence-electron chi connectivity index (χ4n) is 14.9. The number of rotatable bonds is 4. The molecule has 0 saturated carbocycles. The molecule has 0 atom stereocenters. The van der Waals surface area contributed by atoms with Gasteiger partial charge < -0.3 is 14.2 Å². The summed E-state index contributed by atoms with van der Waals surface area (Å²) in [6, 6.07) is 51.5. The smallest absolute Gasteiger partial charge is 0.252 e. The molecule has 8 aromatic carbocycles. The molecule has 0 amide bonds. The zero-order valence-electron chi connectivity index (χ0n) is 52.5. The van der Waals surface area contributed by atoms with Gasteiger partial charge in [0.05, 0.1) is 5.69 Å². The summed E-state index contributed by atoms with van der Waals surface area (Å²) in [7, 11) is 0. The monoisotopic (exact) mass is 1010 g/mol. The highest BCUT2D eigenvalue weighted by molar-refractivity contribution is 7.00. The fourth-order valence-corrected chi connectivity index (χ4v) is 14.9. The van der Waals surface area contributed by atoms with Gasteiger partial charge in [-0.3, -0.25) is 0 Å². The van der Waals surface area contributed by atoms with Crippen molar-refractivity contribution in [3.8, 4) is 22.3 Å². The molecule has 14 rings (SSSR count). The van der Waals surface area contributed by atoms with Crippen LogP contribution in [0.1, 0.15) is 174 Å². The van der Waals surface area contributed by atoms with Crippen LogP contribution in [0.3, 0.4) is 0 Å². The Bertz CT molecular complexity index is 4240. The Balaban J connectivity index is 1.15. The summed E-state index contributed by atoms with van der Waals surface area (Å²) < 4.78 is 53.3. The van der Waals surface area contributed by atoms with Crippen LogP contribution in [0.15, 0.2) is 144 Å². The van der Waals surface area contributed by atoms with Gasteiger partial charge in [-0.15, -0.1) is 0 Å². The minimum atomic E-state index is -3.00. The van der Waals surface area contributed by atoms with Crippen LogP contribution in [0.5, 0.6) is 0 Å². The molecule has 1 aromatic heterocycles. The van der Waals surface area contributed by atoms with Gasteiger partial charge >= 0.3 is 0 Å². The highest BCUT2D eigenvalue weighted by Gasteiger charge is 2.48. The number of fused-ring (bicyclic) bond motifs is 12. The van der Waals surface area contributed by atoms with E-state index in [-0.39, 0.29) is 44.8 Å². The SMILES string of the molecule is [2H]C([2H])([2H])C([2H])([2H])c1cc2c3c(c1)N(c1ccc(C(C)(C)C)cc1-c1ccc4c(c1)C(C)(C)CCC4(C)C)c1cc4c(cc1B3c1cc3c(cc1N2c1ccc2c(c1)C(C)(C)CCC2(C)C)oc1ccccc13)C(C)(C)c1ccccc1-4. The van der Waals surface area contributed by atoms with Gasteiger partial charge in [-0.2, -0.15) is 0 Å². The maximum Gasteiger partial charge on any atom is 0.252 e. The van der Waals surface area contributed by atoms with Crippen LogP contribution in [0.2, 0.25) is 0 Å². The summed E-state index contributed by atoms with van der Waals surface area (Å²) in [5, 5.41) is 2.07. The molecule has 4 heteroatoms. The van der Waals surface area contributed by atoms with E-state index >= 15 is 0 Å². The Kier molecular flexibility index (Phi) is 8.94. The van der Waals surface area contributed by atoms with Gasteiger partial charge in [-0.25, -0.2) is 0 Å². The molecule has 386 valence electrons. The second kappa shape index (κ2) is 15.9. The van der Waals surface area contributed by atoms with E-state index < -0.39 is 13.2 Å². The van der Waals surface area contributed by atoms with Crippen molar-refractivity contribution in [2.45, 2.75) is 161 Å². The minimum Gasteiger partial charge on any atom is -0.456 e. The van der Waals surface area contributed by atoms with Crippen molar-refractivity contribution in [2.75, 3.05) is 9.80 Å². The van der Waals surface area contributed by atoms with Gasteiger partial charge in [0.1, 0.15) is 11.2 Å². The summed E-state index contributed by atoms with van der Waals surface area (Å²) in [6.45, 7) is 27.1. The first-order valence-electron chi connectivity index (χ1n) is 30.9. The van der Waals surface area contributed by atoms with Crippen LogP contribution in [0.4, 0.5) is 34.1 Å². The van der Waals surface area contributed by atoms with Crippen molar-refractivity contribution in [3.63, 3.8) is 0 Å². The number of benzene rings is 8. The van der Waals surface area contributed by atoms with E-state index in [1.807, 2.05) is 24.3 Å². The lowest BCUT2D eigenvalue weighted by Crippen LogP contribution is -2.61. The zero-order chi connectivity index (χ0) is 58.0. The van der Waals surface area contributed by atoms with E-state index in [2.05, 4.69) is 215 Å². The predicted octanol–water partition coefficient (Wildman–Crippen LogP) is 18.2. The van der Waals surface area contributed by atoms with Crippen LogP contribution in [-0.2, 0) is 38.9 Å². The predicted molar refractivity (Wildman–Crippen MR) is 329 cm³/mol.